The second-order valence-corrected chi connectivity index (χ2v) is 4.62. The van der Waals surface area contributed by atoms with Gasteiger partial charge in [0.1, 0.15) is 7.85 Å². The first kappa shape index (κ1) is 11.1. The third-order valence-corrected chi connectivity index (χ3v) is 3.29. The summed E-state index contributed by atoms with van der Waals surface area (Å²) in [5.41, 5.74) is 4.54. The van der Waals surface area contributed by atoms with Crippen molar-refractivity contribution in [1.29, 1.82) is 0 Å². The Hall–Kier alpha value is -2.02. The molecule has 0 aliphatic carbocycles. The zero-order valence-electron chi connectivity index (χ0n) is 10.4. The fraction of sp³-hybridized carbons (Fsp3) is 0.0588. The average molecular weight is 228 g/mol. The summed E-state index contributed by atoms with van der Waals surface area (Å²) in [5, 5.41) is 2.35. The molecule has 0 aromatic heterocycles. The van der Waals surface area contributed by atoms with Gasteiger partial charge >= 0.3 is 0 Å². The first-order valence-corrected chi connectivity index (χ1v) is 6.10. The van der Waals surface area contributed by atoms with E-state index in [1.165, 1.54) is 22.1 Å². The van der Waals surface area contributed by atoms with Crippen molar-refractivity contribution in [2.75, 3.05) is 0 Å². The van der Waals surface area contributed by atoms with Gasteiger partial charge in [-0.15, -0.1) is 0 Å². The molecule has 0 unspecified atom stereocenters. The van der Waals surface area contributed by atoms with E-state index >= 15 is 0 Å². The Morgan fingerprint density at radius 1 is 0.778 bits per heavy atom. The first-order valence-electron chi connectivity index (χ1n) is 6.10. The maximum absolute atomic E-state index is 6.07. The summed E-state index contributed by atoms with van der Waals surface area (Å²) >= 11 is 0. The molecule has 0 N–H and O–H groups in total. The molecule has 0 heterocycles. The fourth-order valence-corrected chi connectivity index (χ4v) is 2.35. The molecule has 84 valence electrons. The molecule has 0 saturated carbocycles. The molecule has 3 aromatic rings. The van der Waals surface area contributed by atoms with Crippen LogP contribution in [0, 0.1) is 6.92 Å². The van der Waals surface area contributed by atoms with E-state index in [0.717, 1.165) is 10.8 Å². The lowest BCUT2D eigenvalue weighted by molar-refractivity contribution is 1.51. The topological polar surface area (TPSA) is 0 Å². The lowest BCUT2D eigenvalue weighted by Crippen LogP contribution is -2.04. The van der Waals surface area contributed by atoms with Crippen molar-refractivity contribution in [3.05, 3.63) is 66.2 Å². The van der Waals surface area contributed by atoms with E-state index in [2.05, 4.69) is 55.5 Å². The standard InChI is InChI=1S/C17H13B/c1-12-7-8-15-14(13-5-3-2-4-6-13)9-10-17(18)16(15)11-12/h2-11H,1H3. The van der Waals surface area contributed by atoms with Gasteiger partial charge in [-0.1, -0.05) is 71.7 Å². The van der Waals surface area contributed by atoms with Gasteiger partial charge < -0.3 is 0 Å². The Morgan fingerprint density at radius 3 is 2.33 bits per heavy atom. The number of rotatable bonds is 1. The second-order valence-electron chi connectivity index (χ2n) is 4.62. The second kappa shape index (κ2) is 4.34. The minimum absolute atomic E-state index is 0.841. The van der Waals surface area contributed by atoms with Crippen LogP contribution in [0.5, 0.6) is 0 Å². The van der Waals surface area contributed by atoms with Crippen LogP contribution in [0.25, 0.3) is 21.9 Å². The van der Waals surface area contributed by atoms with E-state index in [0.29, 0.717) is 0 Å². The Bertz CT molecular complexity index is 699. The molecule has 1 heteroatoms. The van der Waals surface area contributed by atoms with Gasteiger partial charge in [0.15, 0.2) is 0 Å². The van der Waals surface area contributed by atoms with Crippen LogP contribution in [0.1, 0.15) is 5.56 Å². The van der Waals surface area contributed by atoms with Crippen LogP contribution in [0.2, 0.25) is 0 Å². The zero-order valence-corrected chi connectivity index (χ0v) is 10.4. The van der Waals surface area contributed by atoms with Crippen molar-refractivity contribution >= 4 is 24.1 Å². The Balaban J connectivity index is 2.35. The molecule has 0 amide bonds. The Morgan fingerprint density at radius 2 is 1.56 bits per heavy atom. The highest BCUT2D eigenvalue weighted by atomic mass is 14.1. The van der Waals surface area contributed by atoms with Gasteiger partial charge in [0.2, 0.25) is 0 Å². The predicted octanol–water partition coefficient (Wildman–Crippen LogP) is 3.61. The summed E-state index contributed by atoms with van der Waals surface area (Å²) in [4.78, 5) is 0. The monoisotopic (exact) mass is 228 g/mol. The molecule has 0 spiro atoms. The summed E-state index contributed by atoms with van der Waals surface area (Å²) in [6.45, 7) is 2.09. The summed E-state index contributed by atoms with van der Waals surface area (Å²) in [5.74, 6) is 0. The molecular weight excluding hydrogens is 215 g/mol. The summed E-state index contributed by atoms with van der Waals surface area (Å²) in [6, 6.07) is 20.9. The van der Waals surface area contributed by atoms with E-state index in [-0.39, 0.29) is 0 Å². The van der Waals surface area contributed by atoms with E-state index in [1.807, 2.05) is 12.1 Å². The fourth-order valence-electron chi connectivity index (χ4n) is 2.35. The lowest BCUT2D eigenvalue weighted by atomic mass is 9.86. The largest absolute Gasteiger partial charge is 0.114 e. The molecule has 0 nitrogen and oxygen atoms in total. The van der Waals surface area contributed by atoms with Crippen molar-refractivity contribution in [2.24, 2.45) is 0 Å². The SMILES string of the molecule is [B]c1ccc(-c2ccccc2)c2ccc(C)cc12. The highest BCUT2D eigenvalue weighted by Crippen LogP contribution is 2.27. The molecule has 0 fully saturated rings. The molecule has 0 atom stereocenters. The maximum Gasteiger partial charge on any atom is 0.114 e. The number of benzene rings is 3. The molecule has 0 aliphatic rings. The van der Waals surface area contributed by atoms with Crippen LogP contribution in [0.15, 0.2) is 60.7 Å². The molecule has 18 heavy (non-hydrogen) atoms. The Kier molecular flexibility index (Phi) is 2.68. The van der Waals surface area contributed by atoms with Gasteiger partial charge in [-0.25, -0.2) is 0 Å². The van der Waals surface area contributed by atoms with Crippen molar-refractivity contribution < 1.29 is 0 Å². The zero-order chi connectivity index (χ0) is 12.5. The molecule has 3 rings (SSSR count). The highest BCUT2D eigenvalue weighted by molar-refractivity contribution is 6.39. The third-order valence-electron chi connectivity index (χ3n) is 3.29. The van der Waals surface area contributed by atoms with Crippen LogP contribution < -0.4 is 5.46 Å². The van der Waals surface area contributed by atoms with Crippen LogP contribution in [-0.4, -0.2) is 7.85 Å². The number of fused-ring (bicyclic) bond motifs is 1. The average Bonchev–Trinajstić information content (AvgIpc) is 2.41. The van der Waals surface area contributed by atoms with E-state index in [9.17, 15) is 0 Å². The van der Waals surface area contributed by atoms with Gasteiger partial charge in [-0.05, 0) is 28.8 Å². The van der Waals surface area contributed by atoms with E-state index in [1.54, 1.807) is 0 Å². The quantitative estimate of drug-likeness (QED) is 0.558. The highest BCUT2D eigenvalue weighted by Gasteiger charge is 2.05. The van der Waals surface area contributed by atoms with Gasteiger partial charge in [0.05, 0.1) is 0 Å². The molecule has 2 radical (unpaired) electrons. The van der Waals surface area contributed by atoms with Crippen molar-refractivity contribution in [3.63, 3.8) is 0 Å². The smallest absolute Gasteiger partial charge is 0.0889 e. The molecule has 0 saturated heterocycles. The van der Waals surface area contributed by atoms with E-state index < -0.39 is 0 Å². The minimum atomic E-state index is 0.841. The summed E-state index contributed by atoms with van der Waals surface area (Å²) in [7, 11) is 6.07. The van der Waals surface area contributed by atoms with Crippen LogP contribution >= 0.6 is 0 Å². The number of aryl methyl sites for hydroxylation is 1. The van der Waals surface area contributed by atoms with Crippen molar-refractivity contribution in [2.45, 2.75) is 6.92 Å². The molecule has 3 aromatic carbocycles. The Labute approximate surface area is 109 Å². The van der Waals surface area contributed by atoms with Crippen LogP contribution in [0.3, 0.4) is 0 Å². The van der Waals surface area contributed by atoms with Gasteiger partial charge in [0, 0.05) is 0 Å². The molecule has 0 bridgehead atoms. The molecular formula is C17H13B. The summed E-state index contributed by atoms with van der Waals surface area (Å²) in [6.07, 6.45) is 0. The minimum Gasteiger partial charge on any atom is -0.0889 e. The summed E-state index contributed by atoms with van der Waals surface area (Å²) < 4.78 is 0. The third kappa shape index (κ3) is 1.82. The van der Waals surface area contributed by atoms with Crippen molar-refractivity contribution in [1.82, 2.24) is 0 Å². The maximum atomic E-state index is 6.07. The van der Waals surface area contributed by atoms with Gasteiger partial charge in [-0.2, -0.15) is 0 Å². The first-order chi connectivity index (χ1) is 8.75. The van der Waals surface area contributed by atoms with Crippen molar-refractivity contribution in [3.8, 4) is 11.1 Å². The van der Waals surface area contributed by atoms with Gasteiger partial charge in [-0.3, -0.25) is 0 Å². The molecule has 0 aliphatic heterocycles. The van der Waals surface area contributed by atoms with Gasteiger partial charge in [0.25, 0.3) is 0 Å². The van der Waals surface area contributed by atoms with Crippen LogP contribution in [0.4, 0.5) is 0 Å². The van der Waals surface area contributed by atoms with E-state index in [4.69, 9.17) is 7.85 Å². The normalized spacial score (nSPS) is 10.7. The van der Waals surface area contributed by atoms with Crippen LogP contribution in [-0.2, 0) is 0 Å². The lowest BCUT2D eigenvalue weighted by Gasteiger charge is -2.10. The number of hydrogen-bond donors (Lipinski definition) is 0. The predicted molar refractivity (Wildman–Crippen MR) is 79.5 cm³/mol. The number of hydrogen-bond acceptors (Lipinski definition) is 0.